The van der Waals surface area contributed by atoms with Crippen molar-refractivity contribution in [1.29, 1.82) is 0 Å². The molecule has 2 aromatic rings. The van der Waals surface area contributed by atoms with Crippen molar-refractivity contribution >= 4 is 11.6 Å². The number of halogens is 1. The van der Waals surface area contributed by atoms with E-state index >= 15 is 0 Å². The van der Waals surface area contributed by atoms with E-state index in [0.29, 0.717) is 10.9 Å². The molecule has 1 fully saturated rings. The lowest BCUT2D eigenvalue weighted by Crippen LogP contribution is -2.12. The molecule has 1 aromatic heterocycles. The molecule has 0 bridgehead atoms. The molecule has 18 heavy (non-hydrogen) atoms. The molecule has 0 amide bonds. The Morgan fingerprint density at radius 2 is 2.17 bits per heavy atom. The highest BCUT2D eigenvalue weighted by molar-refractivity contribution is 6.31. The van der Waals surface area contributed by atoms with Crippen molar-refractivity contribution in [1.82, 2.24) is 10.1 Å². The Balaban J connectivity index is 1.80. The molecule has 1 aliphatic rings. The fraction of sp³-hybridized carbons (Fsp3) is 0.385. The smallest absolute Gasteiger partial charge is 0.248 e. The minimum absolute atomic E-state index is 0.429. The first-order valence-corrected chi connectivity index (χ1v) is 6.44. The fourth-order valence-electron chi connectivity index (χ4n) is 1.92. The summed E-state index contributed by atoms with van der Waals surface area (Å²) >= 11 is 6.10. The number of aromatic nitrogens is 2. The summed E-state index contributed by atoms with van der Waals surface area (Å²) in [5.41, 5.74) is 6.90. The third-order valence-electron chi connectivity index (χ3n) is 3.16. The minimum Gasteiger partial charge on any atom is -0.337 e. The van der Waals surface area contributed by atoms with Gasteiger partial charge in [0.15, 0.2) is 5.82 Å². The van der Waals surface area contributed by atoms with Gasteiger partial charge in [-0.25, -0.2) is 0 Å². The third-order valence-corrected chi connectivity index (χ3v) is 3.50. The van der Waals surface area contributed by atoms with Crippen LogP contribution >= 0.6 is 11.6 Å². The summed E-state index contributed by atoms with van der Waals surface area (Å²) in [6.45, 7) is 0. The van der Waals surface area contributed by atoms with Crippen LogP contribution in [0.1, 0.15) is 36.2 Å². The topological polar surface area (TPSA) is 64.9 Å². The van der Waals surface area contributed by atoms with E-state index in [1.165, 1.54) is 12.8 Å². The number of benzene rings is 1. The minimum atomic E-state index is -0.459. The molecule has 4 nitrogen and oxygen atoms in total. The summed E-state index contributed by atoms with van der Waals surface area (Å²) in [7, 11) is 0. The van der Waals surface area contributed by atoms with Gasteiger partial charge in [-0.05, 0) is 30.4 Å². The average Bonchev–Trinajstić information content (AvgIpc) is 3.05. The normalized spacial score (nSPS) is 16.8. The second kappa shape index (κ2) is 4.71. The van der Waals surface area contributed by atoms with Crippen LogP contribution in [0.2, 0.25) is 5.02 Å². The molecule has 0 unspecified atom stereocenters. The van der Waals surface area contributed by atoms with E-state index < -0.39 is 6.04 Å². The zero-order valence-electron chi connectivity index (χ0n) is 9.84. The first-order valence-electron chi connectivity index (χ1n) is 6.06. The van der Waals surface area contributed by atoms with Gasteiger partial charge in [0.2, 0.25) is 5.89 Å². The van der Waals surface area contributed by atoms with Crippen molar-refractivity contribution in [2.45, 2.75) is 25.3 Å². The first-order chi connectivity index (χ1) is 8.74. The van der Waals surface area contributed by atoms with Gasteiger partial charge in [-0.1, -0.05) is 35.0 Å². The van der Waals surface area contributed by atoms with E-state index in [0.717, 1.165) is 23.7 Å². The molecule has 1 aliphatic carbocycles. The summed E-state index contributed by atoms with van der Waals surface area (Å²) in [5.74, 6) is 1.90. The Morgan fingerprint density at radius 1 is 1.39 bits per heavy atom. The summed E-state index contributed by atoms with van der Waals surface area (Å²) in [6.07, 6.45) is 3.42. The fourth-order valence-corrected chi connectivity index (χ4v) is 2.17. The van der Waals surface area contributed by atoms with Crippen LogP contribution in [0.5, 0.6) is 0 Å². The Labute approximate surface area is 110 Å². The van der Waals surface area contributed by atoms with E-state index in [9.17, 15) is 0 Å². The quantitative estimate of drug-likeness (QED) is 0.921. The largest absolute Gasteiger partial charge is 0.337 e. The maximum absolute atomic E-state index is 6.10. The zero-order chi connectivity index (χ0) is 12.5. The molecule has 1 heterocycles. The van der Waals surface area contributed by atoms with Gasteiger partial charge in [-0.3, -0.25) is 0 Å². The van der Waals surface area contributed by atoms with Gasteiger partial charge in [0.05, 0.1) is 0 Å². The lowest BCUT2D eigenvalue weighted by molar-refractivity contribution is 0.362. The predicted molar refractivity (Wildman–Crippen MR) is 68.2 cm³/mol. The van der Waals surface area contributed by atoms with Crippen LogP contribution in [0, 0.1) is 5.92 Å². The van der Waals surface area contributed by atoms with E-state index in [1.807, 2.05) is 18.2 Å². The Kier molecular flexibility index (Phi) is 3.06. The monoisotopic (exact) mass is 263 g/mol. The van der Waals surface area contributed by atoms with Crippen LogP contribution < -0.4 is 5.73 Å². The van der Waals surface area contributed by atoms with E-state index in [-0.39, 0.29) is 0 Å². The van der Waals surface area contributed by atoms with Gasteiger partial charge in [0, 0.05) is 11.4 Å². The molecule has 0 aliphatic heterocycles. The maximum Gasteiger partial charge on any atom is 0.248 e. The SMILES string of the molecule is N[C@@H](c1nc(CC2CC2)no1)c1ccccc1Cl. The lowest BCUT2D eigenvalue weighted by Gasteiger charge is -2.08. The van der Waals surface area contributed by atoms with Gasteiger partial charge in [-0.15, -0.1) is 0 Å². The number of hydrogen-bond donors (Lipinski definition) is 1. The highest BCUT2D eigenvalue weighted by atomic mass is 35.5. The standard InChI is InChI=1S/C13H14ClN3O/c14-10-4-2-1-3-9(10)12(15)13-16-11(17-18-13)7-8-5-6-8/h1-4,8,12H,5-7,15H2/t12-/m1/s1. The molecule has 0 saturated heterocycles. The summed E-state index contributed by atoms with van der Waals surface area (Å²) in [4.78, 5) is 4.35. The van der Waals surface area contributed by atoms with E-state index in [1.54, 1.807) is 6.07 Å². The number of nitrogens with zero attached hydrogens (tertiary/aromatic N) is 2. The van der Waals surface area contributed by atoms with Crippen LogP contribution in [-0.2, 0) is 6.42 Å². The van der Waals surface area contributed by atoms with Crippen molar-refractivity contribution in [2.75, 3.05) is 0 Å². The molecule has 2 N–H and O–H groups in total. The van der Waals surface area contributed by atoms with Crippen molar-refractivity contribution in [3.05, 3.63) is 46.6 Å². The van der Waals surface area contributed by atoms with Crippen LogP contribution in [0.4, 0.5) is 0 Å². The molecule has 0 spiro atoms. The maximum atomic E-state index is 6.10. The number of rotatable bonds is 4. The summed E-state index contributed by atoms with van der Waals surface area (Å²) < 4.78 is 5.22. The molecule has 3 rings (SSSR count). The molecule has 1 saturated carbocycles. The van der Waals surface area contributed by atoms with Gasteiger partial charge in [-0.2, -0.15) is 4.98 Å². The third kappa shape index (κ3) is 2.40. The van der Waals surface area contributed by atoms with Crippen molar-refractivity contribution < 1.29 is 4.52 Å². The molecule has 0 radical (unpaired) electrons. The molecule has 94 valence electrons. The summed E-state index contributed by atoms with van der Waals surface area (Å²) in [5, 5.41) is 4.58. The van der Waals surface area contributed by atoms with Crippen LogP contribution in [-0.4, -0.2) is 10.1 Å². The second-order valence-electron chi connectivity index (χ2n) is 4.70. The molecular formula is C13H14ClN3O. The van der Waals surface area contributed by atoms with Crippen molar-refractivity contribution in [3.8, 4) is 0 Å². The highest BCUT2D eigenvalue weighted by Crippen LogP contribution is 2.32. The summed E-state index contributed by atoms with van der Waals surface area (Å²) in [6, 6.07) is 6.97. The number of hydrogen-bond acceptors (Lipinski definition) is 4. The highest BCUT2D eigenvalue weighted by Gasteiger charge is 2.25. The Morgan fingerprint density at radius 3 is 2.89 bits per heavy atom. The second-order valence-corrected chi connectivity index (χ2v) is 5.10. The number of nitrogens with two attached hydrogens (primary N) is 1. The van der Waals surface area contributed by atoms with Crippen LogP contribution in [0.15, 0.2) is 28.8 Å². The zero-order valence-corrected chi connectivity index (χ0v) is 10.6. The van der Waals surface area contributed by atoms with E-state index in [4.69, 9.17) is 21.9 Å². The molecule has 1 atom stereocenters. The lowest BCUT2D eigenvalue weighted by atomic mass is 10.1. The van der Waals surface area contributed by atoms with Gasteiger partial charge in [0.1, 0.15) is 6.04 Å². The van der Waals surface area contributed by atoms with Gasteiger partial charge >= 0.3 is 0 Å². The Hall–Kier alpha value is -1.39. The van der Waals surface area contributed by atoms with Gasteiger partial charge < -0.3 is 10.3 Å². The van der Waals surface area contributed by atoms with Crippen molar-refractivity contribution in [2.24, 2.45) is 11.7 Å². The van der Waals surface area contributed by atoms with Crippen molar-refractivity contribution in [3.63, 3.8) is 0 Å². The van der Waals surface area contributed by atoms with Gasteiger partial charge in [0.25, 0.3) is 0 Å². The Bertz CT molecular complexity index is 551. The predicted octanol–water partition coefficient (Wildman–Crippen LogP) is 2.72. The average molecular weight is 264 g/mol. The van der Waals surface area contributed by atoms with Crippen LogP contribution in [0.3, 0.4) is 0 Å². The molecular weight excluding hydrogens is 250 g/mol. The van der Waals surface area contributed by atoms with Crippen LogP contribution in [0.25, 0.3) is 0 Å². The molecule has 1 aromatic carbocycles. The van der Waals surface area contributed by atoms with E-state index in [2.05, 4.69) is 10.1 Å². The molecule has 5 heteroatoms. The first kappa shape index (κ1) is 11.7.